The number of aromatic hydroxyl groups is 1. The van der Waals surface area contributed by atoms with Crippen LogP contribution in [0.3, 0.4) is 0 Å². The summed E-state index contributed by atoms with van der Waals surface area (Å²) in [6.07, 6.45) is 3.38. The zero-order chi connectivity index (χ0) is 19.1. The SMILES string of the molecule is Nc1ccc(-n2cc(Cn3c(=O)c(O)c(C(=O)O)c4sccc43)cn2)cc1. The number of aromatic carboxylic acids is 1. The van der Waals surface area contributed by atoms with Crippen LogP contribution >= 0.6 is 11.3 Å². The Hall–Kier alpha value is -3.59. The lowest BCUT2D eigenvalue weighted by Crippen LogP contribution is -2.22. The number of thiophene rings is 1. The minimum Gasteiger partial charge on any atom is -0.502 e. The third-order valence-corrected chi connectivity index (χ3v) is 5.12. The molecule has 3 heterocycles. The average Bonchev–Trinajstić information content (AvgIpc) is 3.29. The monoisotopic (exact) mass is 382 g/mol. The van der Waals surface area contributed by atoms with Gasteiger partial charge in [0.1, 0.15) is 5.56 Å². The molecule has 0 fully saturated rings. The van der Waals surface area contributed by atoms with Gasteiger partial charge in [-0.1, -0.05) is 0 Å². The predicted octanol–water partition coefficient (Wildman–Crippen LogP) is 2.28. The molecule has 0 atom stereocenters. The number of hydrogen-bond donors (Lipinski definition) is 3. The van der Waals surface area contributed by atoms with E-state index in [4.69, 9.17) is 5.73 Å². The summed E-state index contributed by atoms with van der Waals surface area (Å²) in [6, 6.07) is 8.83. The zero-order valence-corrected chi connectivity index (χ0v) is 14.7. The highest BCUT2D eigenvalue weighted by Gasteiger charge is 2.22. The summed E-state index contributed by atoms with van der Waals surface area (Å²) in [5, 5.41) is 25.4. The van der Waals surface area contributed by atoms with Crippen LogP contribution < -0.4 is 11.3 Å². The molecule has 0 aliphatic heterocycles. The van der Waals surface area contributed by atoms with Crippen LogP contribution in [0.2, 0.25) is 0 Å². The van der Waals surface area contributed by atoms with Crippen molar-refractivity contribution < 1.29 is 15.0 Å². The van der Waals surface area contributed by atoms with E-state index in [9.17, 15) is 19.8 Å². The topological polar surface area (TPSA) is 123 Å². The normalized spacial score (nSPS) is 11.1. The van der Waals surface area contributed by atoms with E-state index in [1.165, 1.54) is 4.57 Å². The molecule has 0 aliphatic rings. The van der Waals surface area contributed by atoms with Gasteiger partial charge in [0, 0.05) is 17.4 Å². The summed E-state index contributed by atoms with van der Waals surface area (Å²) in [6.45, 7) is 0.147. The van der Waals surface area contributed by atoms with Crippen LogP contribution in [-0.2, 0) is 6.54 Å². The lowest BCUT2D eigenvalue weighted by Gasteiger charge is -2.09. The summed E-state index contributed by atoms with van der Waals surface area (Å²) in [4.78, 5) is 24.0. The van der Waals surface area contributed by atoms with Gasteiger partial charge in [0.2, 0.25) is 0 Å². The van der Waals surface area contributed by atoms with Crippen molar-refractivity contribution in [1.29, 1.82) is 0 Å². The summed E-state index contributed by atoms with van der Waals surface area (Å²) < 4.78 is 3.35. The van der Waals surface area contributed by atoms with E-state index in [1.54, 1.807) is 40.7 Å². The Bertz CT molecular complexity index is 1220. The van der Waals surface area contributed by atoms with Gasteiger partial charge in [0.25, 0.3) is 5.56 Å². The quantitative estimate of drug-likeness (QED) is 0.465. The van der Waals surface area contributed by atoms with Crippen LogP contribution in [0.4, 0.5) is 5.69 Å². The number of anilines is 1. The number of hydrogen-bond acceptors (Lipinski definition) is 6. The van der Waals surface area contributed by atoms with E-state index in [0.29, 0.717) is 15.9 Å². The summed E-state index contributed by atoms with van der Waals surface area (Å²) in [5.41, 5.74) is 7.22. The molecule has 0 spiro atoms. The summed E-state index contributed by atoms with van der Waals surface area (Å²) >= 11 is 1.16. The third kappa shape index (κ3) is 2.83. The number of aromatic nitrogens is 3. The molecule has 0 amide bonds. The number of pyridine rings is 1. The van der Waals surface area contributed by atoms with Gasteiger partial charge in [-0.2, -0.15) is 5.10 Å². The lowest BCUT2D eigenvalue weighted by molar-refractivity contribution is 0.0695. The second kappa shape index (κ2) is 6.29. The largest absolute Gasteiger partial charge is 0.502 e. The first-order valence-electron chi connectivity index (χ1n) is 7.91. The maximum absolute atomic E-state index is 12.5. The second-order valence-electron chi connectivity index (χ2n) is 5.94. The van der Waals surface area contributed by atoms with Crippen LogP contribution in [0.1, 0.15) is 15.9 Å². The molecule has 0 bridgehead atoms. The number of carboxylic acids is 1. The molecular weight excluding hydrogens is 368 g/mol. The van der Waals surface area contributed by atoms with E-state index >= 15 is 0 Å². The van der Waals surface area contributed by atoms with Crippen molar-refractivity contribution in [2.75, 3.05) is 5.73 Å². The number of nitrogens with zero attached hydrogens (tertiary/aromatic N) is 3. The van der Waals surface area contributed by atoms with E-state index in [0.717, 1.165) is 22.6 Å². The number of carboxylic acid groups (broad SMARTS) is 1. The van der Waals surface area contributed by atoms with Crippen LogP contribution in [0.25, 0.3) is 15.9 Å². The molecule has 4 aromatic rings. The van der Waals surface area contributed by atoms with Gasteiger partial charge >= 0.3 is 5.97 Å². The molecule has 3 aromatic heterocycles. The Morgan fingerprint density at radius 3 is 2.67 bits per heavy atom. The number of benzene rings is 1. The lowest BCUT2D eigenvalue weighted by atomic mass is 10.2. The average molecular weight is 382 g/mol. The fraction of sp³-hybridized carbons (Fsp3) is 0.0556. The Balaban J connectivity index is 1.77. The van der Waals surface area contributed by atoms with E-state index in [1.807, 2.05) is 12.1 Å². The van der Waals surface area contributed by atoms with Crippen molar-refractivity contribution in [3.05, 3.63) is 69.6 Å². The Morgan fingerprint density at radius 2 is 1.96 bits per heavy atom. The highest BCUT2D eigenvalue weighted by Crippen LogP contribution is 2.29. The van der Waals surface area contributed by atoms with Gasteiger partial charge < -0.3 is 15.9 Å². The maximum Gasteiger partial charge on any atom is 0.341 e. The molecule has 27 heavy (non-hydrogen) atoms. The molecule has 4 rings (SSSR count). The minimum absolute atomic E-state index is 0.147. The standard InChI is InChI=1S/C18H14N4O4S/c19-11-1-3-12(4-2-11)22-9-10(7-20-22)8-21-13-5-6-27-16(13)14(18(25)26)15(23)17(21)24/h1-7,9,23H,8,19H2,(H,25,26). The first-order valence-corrected chi connectivity index (χ1v) is 8.79. The van der Waals surface area contributed by atoms with Crippen LogP contribution in [0.15, 0.2) is 52.9 Å². The van der Waals surface area contributed by atoms with E-state index in [-0.39, 0.29) is 12.1 Å². The number of carbonyl (C=O) groups is 1. The van der Waals surface area contributed by atoms with Crippen molar-refractivity contribution in [2.45, 2.75) is 6.54 Å². The van der Waals surface area contributed by atoms with Gasteiger partial charge in [-0.05, 0) is 35.7 Å². The van der Waals surface area contributed by atoms with Crippen molar-refractivity contribution >= 4 is 33.2 Å². The Labute approximate surface area is 156 Å². The fourth-order valence-corrected chi connectivity index (χ4v) is 3.84. The minimum atomic E-state index is -1.33. The molecular formula is C18H14N4O4S. The molecule has 0 aliphatic carbocycles. The van der Waals surface area contributed by atoms with Crippen LogP contribution in [0, 0.1) is 0 Å². The van der Waals surface area contributed by atoms with E-state index in [2.05, 4.69) is 5.10 Å². The number of fused-ring (bicyclic) bond motifs is 1. The molecule has 1 aromatic carbocycles. The molecule has 0 radical (unpaired) electrons. The molecule has 9 heteroatoms. The molecule has 0 saturated carbocycles. The van der Waals surface area contributed by atoms with Crippen molar-refractivity contribution in [3.8, 4) is 11.4 Å². The number of rotatable bonds is 4. The van der Waals surface area contributed by atoms with E-state index < -0.39 is 17.3 Å². The maximum atomic E-state index is 12.5. The van der Waals surface area contributed by atoms with Gasteiger partial charge in [0.05, 0.1) is 28.6 Å². The van der Waals surface area contributed by atoms with Gasteiger partial charge in [-0.25, -0.2) is 9.48 Å². The molecule has 8 nitrogen and oxygen atoms in total. The highest BCUT2D eigenvalue weighted by molar-refractivity contribution is 7.17. The number of nitrogen functional groups attached to an aromatic ring is 1. The van der Waals surface area contributed by atoms with Gasteiger partial charge in [-0.15, -0.1) is 11.3 Å². The smallest absolute Gasteiger partial charge is 0.341 e. The first kappa shape index (κ1) is 16.9. The second-order valence-corrected chi connectivity index (χ2v) is 6.86. The van der Waals surface area contributed by atoms with Crippen molar-refractivity contribution in [3.63, 3.8) is 0 Å². The fourth-order valence-electron chi connectivity index (χ4n) is 2.90. The van der Waals surface area contributed by atoms with Gasteiger partial charge in [-0.3, -0.25) is 9.36 Å². The highest BCUT2D eigenvalue weighted by atomic mass is 32.1. The van der Waals surface area contributed by atoms with Crippen LogP contribution in [-0.4, -0.2) is 30.5 Å². The van der Waals surface area contributed by atoms with Crippen LogP contribution in [0.5, 0.6) is 5.75 Å². The first-order chi connectivity index (χ1) is 13.0. The molecule has 136 valence electrons. The predicted molar refractivity (Wildman–Crippen MR) is 102 cm³/mol. The molecule has 0 unspecified atom stereocenters. The summed E-state index contributed by atoms with van der Waals surface area (Å²) in [5.74, 6) is -2.09. The zero-order valence-electron chi connectivity index (χ0n) is 13.9. The Morgan fingerprint density at radius 1 is 1.22 bits per heavy atom. The molecule has 4 N–H and O–H groups in total. The Kier molecular flexibility index (Phi) is 3.93. The van der Waals surface area contributed by atoms with Crippen molar-refractivity contribution in [2.24, 2.45) is 0 Å². The summed E-state index contributed by atoms with van der Waals surface area (Å²) in [7, 11) is 0. The number of nitrogens with two attached hydrogens (primary N) is 1. The molecule has 0 saturated heterocycles. The van der Waals surface area contributed by atoms with Crippen molar-refractivity contribution in [1.82, 2.24) is 14.3 Å². The van der Waals surface area contributed by atoms with Gasteiger partial charge in [0.15, 0.2) is 5.75 Å². The third-order valence-electron chi connectivity index (χ3n) is 4.20.